The normalized spacial score (nSPS) is 10.0. The SMILES string of the molecule is CCn1nc(C)nc1C(N)=O. The molecule has 1 aromatic heterocycles. The van der Waals surface area contributed by atoms with Crippen LogP contribution in [0.1, 0.15) is 23.4 Å². The smallest absolute Gasteiger partial charge is 0.286 e. The van der Waals surface area contributed by atoms with Crippen LogP contribution in [0.2, 0.25) is 0 Å². The first-order valence-electron chi connectivity index (χ1n) is 3.36. The molecule has 2 N–H and O–H groups in total. The molecule has 0 radical (unpaired) electrons. The Labute approximate surface area is 64.2 Å². The van der Waals surface area contributed by atoms with Crippen molar-refractivity contribution in [3.8, 4) is 0 Å². The van der Waals surface area contributed by atoms with Crippen molar-refractivity contribution >= 4 is 5.91 Å². The van der Waals surface area contributed by atoms with Gasteiger partial charge in [0.2, 0.25) is 5.82 Å². The second-order valence-electron chi connectivity index (χ2n) is 2.16. The molecule has 0 aromatic carbocycles. The zero-order valence-corrected chi connectivity index (χ0v) is 6.53. The number of nitrogens with zero attached hydrogens (tertiary/aromatic N) is 3. The molecule has 0 aliphatic heterocycles. The topological polar surface area (TPSA) is 73.8 Å². The van der Waals surface area contributed by atoms with Crippen molar-refractivity contribution in [2.45, 2.75) is 20.4 Å². The van der Waals surface area contributed by atoms with Crippen LogP contribution in [0.4, 0.5) is 0 Å². The first-order chi connectivity index (χ1) is 5.15. The lowest BCUT2D eigenvalue weighted by atomic mass is 10.5. The van der Waals surface area contributed by atoms with Gasteiger partial charge in [-0.15, -0.1) is 0 Å². The number of amides is 1. The van der Waals surface area contributed by atoms with E-state index in [0.29, 0.717) is 12.4 Å². The maximum atomic E-state index is 10.7. The van der Waals surface area contributed by atoms with Gasteiger partial charge in [-0.25, -0.2) is 9.67 Å². The lowest BCUT2D eigenvalue weighted by molar-refractivity contribution is 0.0985. The monoisotopic (exact) mass is 154 g/mol. The minimum absolute atomic E-state index is 0.227. The van der Waals surface area contributed by atoms with Crippen LogP contribution in [-0.4, -0.2) is 20.7 Å². The molecule has 0 aliphatic rings. The molecule has 1 heterocycles. The molecule has 0 saturated heterocycles. The molecular weight excluding hydrogens is 144 g/mol. The van der Waals surface area contributed by atoms with E-state index < -0.39 is 5.91 Å². The third-order valence-corrected chi connectivity index (χ3v) is 1.30. The van der Waals surface area contributed by atoms with Gasteiger partial charge in [0, 0.05) is 6.54 Å². The van der Waals surface area contributed by atoms with E-state index >= 15 is 0 Å². The van der Waals surface area contributed by atoms with Gasteiger partial charge in [0.15, 0.2) is 0 Å². The highest BCUT2D eigenvalue weighted by molar-refractivity contribution is 5.88. The lowest BCUT2D eigenvalue weighted by Gasteiger charge is -1.95. The second kappa shape index (κ2) is 2.69. The van der Waals surface area contributed by atoms with Gasteiger partial charge in [0.1, 0.15) is 5.82 Å². The van der Waals surface area contributed by atoms with Gasteiger partial charge in [-0.1, -0.05) is 0 Å². The van der Waals surface area contributed by atoms with Crippen LogP contribution < -0.4 is 5.73 Å². The number of primary amides is 1. The van der Waals surface area contributed by atoms with Crippen molar-refractivity contribution in [1.29, 1.82) is 0 Å². The molecule has 0 spiro atoms. The maximum Gasteiger partial charge on any atom is 0.286 e. The fraction of sp³-hybridized carbons (Fsp3) is 0.500. The Morgan fingerprint density at radius 1 is 1.73 bits per heavy atom. The zero-order chi connectivity index (χ0) is 8.43. The lowest BCUT2D eigenvalue weighted by Crippen LogP contribution is -2.18. The van der Waals surface area contributed by atoms with Crippen LogP contribution in [0.3, 0.4) is 0 Å². The van der Waals surface area contributed by atoms with E-state index in [1.165, 1.54) is 4.68 Å². The maximum absolute atomic E-state index is 10.7. The summed E-state index contributed by atoms with van der Waals surface area (Å²) in [6, 6.07) is 0. The summed E-state index contributed by atoms with van der Waals surface area (Å²) in [5.74, 6) is 0.262. The van der Waals surface area contributed by atoms with Crippen LogP contribution >= 0.6 is 0 Å². The molecule has 0 unspecified atom stereocenters. The van der Waals surface area contributed by atoms with Crippen LogP contribution in [0, 0.1) is 6.92 Å². The third kappa shape index (κ3) is 1.36. The molecule has 1 rings (SSSR count). The first-order valence-corrected chi connectivity index (χ1v) is 3.36. The fourth-order valence-electron chi connectivity index (χ4n) is 0.858. The first kappa shape index (κ1) is 7.71. The van der Waals surface area contributed by atoms with Crippen molar-refractivity contribution in [3.05, 3.63) is 11.6 Å². The number of carbonyl (C=O) groups excluding carboxylic acids is 1. The van der Waals surface area contributed by atoms with Gasteiger partial charge in [-0.2, -0.15) is 5.10 Å². The van der Waals surface area contributed by atoms with Gasteiger partial charge in [-0.3, -0.25) is 4.79 Å². The predicted molar refractivity (Wildman–Crippen MR) is 39.0 cm³/mol. The van der Waals surface area contributed by atoms with Crippen molar-refractivity contribution in [2.24, 2.45) is 5.73 Å². The summed E-state index contributed by atoms with van der Waals surface area (Å²) in [5, 5.41) is 3.96. The van der Waals surface area contributed by atoms with Crippen LogP contribution in [0.15, 0.2) is 0 Å². The Hall–Kier alpha value is -1.39. The van der Waals surface area contributed by atoms with Gasteiger partial charge in [0.25, 0.3) is 5.91 Å². The van der Waals surface area contributed by atoms with Crippen molar-refractivity contribution in [2.75, 3.05) is 0 Å². The van der Waals surface area contributed by atoms with Gasteiger partial charge >= 0.3 is 0 Å². The largest absolute Gasteiger partial charge is 0.363 e. The number of aromatic nitrogens is 3. The third-order valence-electron chi connectivity index (χ3n) is 1.30. The highest BCUT2D eigenvalue weighted by Crippen LogP contribution is 1.95. The average molecular weight is 154 g/mol. The summed E-state index contributed by atoms with van der Waals surface area (Å²) in [7, 11) is 0. The van der Waals surface area contributed by atoms with Crippen LogP contribution in [0.25, 0.3) is 0 Å². The Bertz CT molecular complexity index is 278. The minimum Gasteiger partial charge on any atom is -0.363 e. The van der Waals surface area contributed by atoms with E-state index in [9.17, 15) is 4.79 Å². The number of carbonyl (C=O) groups is 1. The van der Waals surface area contributed by atoms with E-state index in [1.807, 2.05) is 6.92 Å². The average Bonchev–Trinajstić information content (AvgIpc) is 2.30. The summed E-state index contributed by atoms with van der Waals surface area (Å²) < 4.78 is 1.48. The molecular formula is C6H10N4O. The number of hydrogen-bond acceptors (Lipinski definition) is 3. The Kier molecular flexibility index (Phi) is 1.89. The van der Waals surface area contributed by atoms with Gasteiger partial charge in [0.05, 0.1) is 0 Å². The highest BCUT2D eigenvalue weighted by Gasteiger charge is 2.10. The molecule has 0 saturated carbocycles. The van der Waals surface area contributed by atoms with Crippen LogP contribution in [-0.2, 0) is 6.54 Å². The number of hydrogen-bond donors (Lipinski definition) is 1. The van der Waals surface area contributed by atoms with E-state index in [0.717, 1.165) is 0 Å². The number of aryl methyl sites for hydroxylation is 2. The second-order valence-corrected chi connectivity index (χ2v) is 2.16. The molecule has 5 heteroatoms. The molecule has 0 atom stereocenters. The minimum atomic E-state index is -0.535. The van der Waals surface area contributed by atoms with E-state index in [4.69, 9.17) is 5.73 Å². The number of rotatable bonds is 2. The van der Waals surface area contributed by atoms with Crippen molar-refractivity contribution < 1.29 is 4.79 Å². The Morgan fingerprint density at radius 3 is 2.73 bits per heavy atom. The van der Waals surface area contributed by atoms with Crippen LogP contribution in [0.5, 0.6) is 0 Å². The molecule has 1 amide bonds. The summed E-state index contributed by atoms with van der Waals surface area (Å²) in [5.41, 5.74) is 5.04. The summed E-state index contributed by atoms with van der Waals surface area (Å²) in [4.78, 5) is 14.6. The van der Waals surface area contributed by atoms with Crippen molar-refractivity contribution in [3.63, 3.8) is 0 Å². The Morgan fingerprint density at radius 2 is 2.36 bits per heavy atom. The summed E-state index contributed by atoms with van der Waals surface area (Å²) >= 11 is 0. The highest BCUT2D eigenvalue weighted by atomic mass is 16.1. The standard InChI is InChI=1S/C6H10N4O/c1-3-10-6(5(7)11)8-4(2)9-10/h3H2,1-2H3,(H2,7,11). The quantitative estimate of drug-likeness (QED) is 0.635. The number of nitrogens with two attached hydrogens (primary N) is 1. The van der Waals surface area contributed by atoms with E-state index in [-0.39, 0.29) is 5.82 Å². The molecule has 1 aromatic rings. The molecule has 0 aliphatic carbocycles. The predicted octanol–water partition coefficient (Wildman–Crippen LogP) is -0.295. The fourth-order valence-corrected chi connectivity index (χ4v) is 0.858. The van der Waals surface area contributed by atoms with Gasteiger partial charge in [-0.05, 0) is 13.8 Å². The Balaban J connectivity index is 3.12. The van der Waals surface area contributed by atoms with E-state index in [2.05, 4.69) is 10.1 Å². The molecule has 5 nitrogen and oxygen atoms in total. The molecule has 60 valence electrons. The van der Waals surface area contributed by atoms with Gasteiger partial charge < -0.3 is 5.73 Å². The summed E-state index contributed by atoms with van der Waals surface area (Å²) in [6.07, 6.45) is 0. The van der Waals surface area contributed by atoms with Crippen molar-refractivity contribution in [1.82, 2.24) is 14.8 Å². The summed E-state index contributed by atoms with van der Waals surface area (Å²) in [6.45, 7) is 4.21. The zero-order valence-electron chi connectivity index (χ0n) is 6.53. The van der Waals surface area contributed by atoms with E-state index in [1.54, 1.807) is 6.92 Å². The molecule has 11 heavy (non-hydrogen) atoms. The molecule has 0 fully saturated rings. The molecule has 0 bridgehead atoms.